The molecule has 0 bridgehead atoms. The number of hydrogen-bond donors (Lipinski definition) is 2. The van der Waals surface area contributed by atoms with Gasteiger partial charge in [-0.15, -0.1) is 0 Å². The van der Waals surface area contributed by atoms with Gasteiger partial charge in [0.2, 0.25) is 5.60 Å². The van der Waals surface area contributed by atoms with Crippen molar-refractivity contribution in [2.45, 2.75) is 129 Å². The number of aliphatic hydroxyl groups is 2. The molecule has 2 N–H and O–H groups in total. The predicted octanol–water partition coefficient (Wildman–Crippen LogP) is 3.66. The van der Waals surface area contributed by atoms with E-state index in [2.05, 4.69) is 0 Å². The van der Waals surface area contributed by atoms with Crippen molar-refractivity contribution >= 4 is 41.8 Å². The first-order chi connectivity index (χ1) is 28.5. The average Bonchev–Trinajstić information content (AvgIpc) is 3.43. The summed E-state index contributed by atoms with van der Waals surface area (Å²) in [5.41, 5.74) is -8.70. The van der Waals surface area contributed by atoms with Crippen LogP contribution in [-0.4, -0.2) is 106 Å². The molecule has 2 aromatic carbocycles. The van der Waals surface area contributed by atoms with Gasteiger partial charge in [0, 0.05) is 41.0 Å². The molecule has 1 unspecified atom stereocenters. The molecule has 61 heavy (non-hydrogen) atoms. The second-order valence-corrected chi connectivity index (χ2v) is 16.7. The van der Waals surface area contributed by atoms with Gasteiger partial charge in [-0.25, -0.2) is 9.59 Å². The molecule has 328 valence electrons. The summed E-state index contributed by atoms with van der Waals surface area (Å²) in [7, 11) is 0. The fourth-order valence-corrected chi connectivity index (χ4v) is 10.3. The van der Waals surface area contributed by atoms with Crippen molar-refractivity contribution in [3.63, 3.8) is 0 Å². The Morgan fingerprint density at radius 3 is 1.67 bits per heavy atom. The van der Waals surface area contributed by atoms with Crippen LogP contribution in [0.25, 0.3) is 0 Å². The summed E-state index contributed by atoms with van der Waals surface area (Å²) in [6, 6.07) is 15.7. The van der Waals surface area contributed by atoms with E-state index in [4.69, 9.17) is 37.9 Å². The van der Waals surface area contributed by atoms with Gasteiger partial charge in [-0.2, -0.15) is 0 Å². The van der Waals surface area contributed by atoms with Crippen molar-refractivity contribution in [2.75, 3.05) is 0 Å². The van der Waals surface area contributed by atoms with Crippen LogP contribution in [-0.2, 0) is 61.9 Å². The standard InChI is InChI=1S/C44H50O17/c1-22-30(57-37(51)28-16-12-10-13-17-28)20-42(40(7,8)53)32(22)33(55-24(3)46)36(58-38(52)29-18-14-11-15-19-29)41(9)31(54-23(2)45)21-43(59-26(5)48)44(60-27(6)49,34(41)35(42)50)39(61-43)56-25(4)47/h10-19,30-31,33-36,39,50,53H,20-21H2,1-9H3/t30-,31-,33+,34-,35-,36-,39?,41+,42-,43+,44-/m0/s1. The van der Waals surface area contributed by atoms with Gasteiger partial charge in [-0.3, -0.25) is 28.7 Å². The summed E-state index contributed by atoms with van der Waals surface area (Å²) in [5.74, 6) is -11.1. The van der Waals surface area contributed by atoms with Crippen molar-refractivity contribution in [1.29, 1.82) is 0 Å². The second-order valence-electron chi connectivity index (χ2n) is 16.7. The molecule has 1 heterocycles. The number of fused-ring (bicyclic) bond motifs is 4. The number of aliphatic hydroxyl groups excluding tert-OH is 1. The molecule has 2 aromatic rings. The molecule has 17 heteroatoms. The first-order valence-corrected chi connectivity index (χ1v) is 19.7. The second kappa shape index (κ2) is 16.0. The number of carbonyl (C=O) groups is 7. The largest absolute Gasteiger partial charge is 0.462 e. The zero-order valence-corrected chi connectivity index (χ0v) is 35.2. The Morgan fingerprint density at radius 2 is 1.20 bits per heavy atom. The van der Waals surface area contributed by atoms with Gasteiger partial charge in [0.1, 0.15) is 12.2 Å². The fourth-order valence-electron chi connectivity index (χ4n) is 10.3. The lowest BCUT2D eigenvalue weighted by Gasteiger charge is -2.70. The SMILES string of the molecule is CC(=O)OC1O[C@]2(OC(C)=O)C[C@H](OC(C)=O)[C@@]3(C)[C@@H](OC(=O)c4ccccc4)[C@H](OC(C)=O)C4=C(C)[C@@H](OC(=O)c5ccccc5)C[C@@]4(C(C)(C)O)[C@@H](O)[C@@H]3[C@]12OC(C)=O. The maximum atomic E-state index is 14.4. The number of esters is 7. The highest BCUT2D eigenvalue weighted by molar-refractivity contribution is 5.90. The van der Waals surface area contributed by atoms with Crippen LogP contribution in [0, 0.1) is 16.7 Å². The molecule has 0 spiro atoms. The first kappa shape index (κ1) is 44.9. The van der Waals surface area contributed by atoms with Crippen molar-refractivity contribution in [3.8, 4) is 0 Å². The third-order valence-corrected chi connectivity index (χ3v) is 12.5. The Hall–Kier alpha value is -5.65. The molecule has 17 nitrogen and oxygen atoms in total. The monoisotopic (exact) mass is 850 g/mol. The zero-order valence-electron chi connectivity index (χ0n) is 35.2. The Kier molecular flexibility index (Phi) is 11.8. The number of carbonyl (C=O) groups excluding carboxylic acids is 7. The van der Waals surface area contributed by atoms with E-state index in [1.54, 1.807) is 36.4 Å². The highest BCUT2D eigenvalue weighted by Gasteiger charge is 2.89. The van der Waals surface area contributed by atoms with E-state index in [0.717, 1.165) is 34.6 Å². The summed E-state index contributed by atoms with van der Waals surface area (Å²) in [4.78, 5) is 94.1. The van der Waals surface area contributed by atoms with Crippen LogP contribution >= 0.6 is 0 Å². The van der Waals surface area contributed by atoms with Crippen molar-refractivity contribution in [1.82, 2.24) is 0 Å². The minimum atomic E-state index is -2.60. The molecule has 3 fully saturated rings. The summed E-state index contributed by atoms with van der Waals surface area (Å²) in [6.45, 7) is 10.8. The summed E-state index contributed by atoms with van der Waals surface area (Å²) < 4.78 is 48.5. The lowest BCUT2D eigenvalue weighted by Crippen LogP contribution is -2.88. The molecule has 2 saturated carbocycles. The lowest BCUT2D eigenvalue weighted by molar-refractivity contribution is -0.519. The van der Waals surface area contributed by atoms with Crippen LogP contribution in [0.4, 0.5) is 0 Å². The topological polar surface area (TPSA) is 234 Å². The molecule has 3 aliphatic carbocycles. The van der Waals surface area contributed by atoms with Gasteiger partial charge in [0.15, 0.2) is 12.2 Å². The summed E-state index contributed by atoms with van der Waals surface area (Å²) in [5, 5.41) is 26.3. The van der Waals surface area contributed by atoms with Crippen LogP contribution in [0.2, 0.25) is 0 Å². The van der Waals surface area contributed by atoms with Gasteiger partial charge < -0.3 is 43.4 Å². The van der Waals surface area contributed by atoms with Crippen molar-refractivity contribution in [2.24, 2.45) is 16.7 Å². The highest BCUT2D eigenvalue weighted by Crippen LogP contribution is 2.72. The normalized spacial score (nSPS) is 33.8. The van der Waals surface area contributed by atoms with E-state index >= 15 is 0 Å². The Labute approximate surface area is 351 Å². The molecule has 0 radical (unpaired) electrons. The van der Waals surface area contributed by atoms with Gasteiger partial charge in [-0.05, 0) is 56.2 Å². The predicted molar refractivity (Wildman–Crippen MR) is 206 cm³/mol. The molecule has 1 aliphatic heterocycles. The van der Waals surface area contributed by atoms with E-state index in [1.165, 1.54) is 52.0 Å². The molecular formula is C44H50O17. The Bertz CT molecular complexity index is 2140. The Balaban J connectivity index is 1.76. The fraction of sp³-hybridized carbons (Fsp3) is 0.523. The zero-order chi connectivity index (χ0) is 45.0. The molecule has 0 aromatic heterocycles. The number of ether oxygens (including phenoxy) is 8. The maximum absolute atomic E-state index is 14.4. The Morgan fingerprint density at radius 1 is 0.689 bits per heavy atom. The minimum Gasteiger partial charge on any atom is -0.462 e. The third kappa shape index (κ3) is 7.25. The van der Waals surface area contributed by atoms with Crippen LogP contribution in [0.1, 0.15) is 95.9 Å². The van der Waals surface area contributed by atoms with Gasteiger partial charge >= 0.3 is 41.8 Å². The number of hydrogen-bond acceptors (Lipinski definition) is 17. The van der Waals surface area contributed by atoms with Crippen LogP contribution in [0.3, 0.4) is 0 Å². The summed E-state index contributed by atoms with van der Waals surface area (Å²) >= 11 is 0. The van der Waals surface area contributed by atoms with Crippen LogP contribution in [0.15, 0.2) is 71.8 Å². The lowest BCUT2D eigenvalue weighted by atomic mass is 9.48. The molecule has 0 amide bonds. The van der Waals surface area contributed by atoms with E-state index < -0.39 is 125 Å². The van der Waals surface area contributed by atoms with Crippen LogP contribution in [0.5, 0.6) is 0 Å². The highest BCUT2D eigenvalue weighted by atomic mass is 16.9. The van der Waals surface area contributed by atoms with Gasteiger partial charge in [0.25, 0.3) is 12.1 Å². The summed E-state index contributed by atoms with van der Waals surface area (Å²) in [6.07, 6.45) is -11.8. The third-order valence-electron chi connectivity index (χ3n) is 12.5. The van der Waals surface area contributed by atoms with Gasteiger partial charge in [-0.1, -0.05) is 43.3 Å². The first-order valence-electron chi connectivity index (χ1n) is 19.7. The quantitative estimate of drug-likeness (QED) is 0.197. The number of rotatable bonds is 10. The molecule has 11 atom stereocenters. The molecular weight excluding hydrogens is 800 g/mol. The van der Waals surface area contributed by atoms with Crippen LogP contribution < -0.4 is 0 Å². The van der Waals surface area contributed by atoms with Gasteiger partial charge in [0.05, 0.1) is 46.0 Å². The number of benzene rings is 2. The van der Waals surface area contributed by atoms with E-state index in [-0.39, 0.29) is 22.3 Å². The molecule has 4 aliphatic rings. The van der Waals surface area contributed by atoms with E-state index in [0.29, 0.717) is 0 Å². The average molecular weight is 851 g/mol. The minimum absolute atomic E-state index is 0.0168. The smallest absolute Gasteiger partial charge is 0.338 e. The van der Waals surface area contributed by atoms with E-state index in [1.807, 2.05) is 0 Å². The molecule has 6 rings (SSSR count). The van der Waals surface area contributed by atoms with Crippen molar-refractivity contribution < 1.29 is 81.7 Å². The molecule has 1 saturated heterocycles. The van der Waals surface area contributed by atoms with Crippen molar-refractivity contribution in [3.05, 3.63) is 82.9 Å². The van der Waals surface area contributed by atoms with E-state index in [9.17, 15) is 43.8 Å². The maximum Gasteiger partial charge on any atom is 0.338 e.